The monoisotopic (exact) mass is 573 g/mol. The molecule has 2 aromatic carbocycles. The maximum Gasteiger partial charge on any atom is 0.303 e. The number of hydrogen-bond acceptors (Lipinski definition) is 9. The first kappa shape index (κ1) is 29.4. The van der Waals surface area contributed by atoms with Crippen LogP contribution in [0.15, 0.2) is 39.6 Å². The van der Waals surface area contributed by atoms with Gasteiger partial charge in [-0.2, -0.15) is 0 Å². The average molecular weight is 574 g/mol. The zero-order valence-corrected chi connectivity index (χ0v) is 25.1. The van der Waals surface area contributed by atoms with Crippen molar-refractivity contribution < 1.29 is 33.4 Å². The minimum atomic E-state index is -0.676. The van der Waals surface area contributed by atoms with Crippen LogP contribution in [-0.4, -0.2) is 59.4 Å². The Hall–Kier alpha value is -4.08. The van der Waals surface area contributed by atoms with Gasteiger partial charge in [0, 0.05) is 29.7 Å². The number of fused-ring (bicyclic) bond motifs is 4. The molecule has 0 spiro atoms. The number of ether oxygens (including phenoxy) is 2. The number of esters is 1. The van der Waals surface area contributed by atoms with Gasteiger partial charge in [-0.15, -0.1) is 0 Å². The Bertz CT molecular complexity index is 1760. The Morgan fingerprint density at radius 2 is 1.79 bits per heavy atom. The van der Waals surface area contributed by atoms with E-state index in [1.54, 1.807) is 39.8 Å². The molecule has 2 heterocycles. The molecule has 0 radical (unpaired) electrons. The maximum absolute atomic E-state index is 14.2. The van der Waals surface area contributed by atoms with Gasteiger partial charge in [-0.25, -0.2) is 0 Å². The number of phenols is 1. The number of phenolic OH excluding ortho intramolecular Hbond substituents is 1. The molecule has 42 heavy (non-hydrogen) atoms. The van der Waals surface area contributed by atoms with Gasteiger partial charge in [-0.3, -0.25) is 19.2 Å². The molecule has 1 aliphatic heterocycles. The van der Waals surface area contributed by atoms with Gasteiger partial charge in [0.25, 0.3) is 0 Å². The van der Waals surface area contributed by atoms with Gasteiger partial charge in [0.1, 0.15) is 17.6 Å². The molecule has 2 aliphatic rings. The summed E-state index contributed by atoms with van der Waals surface area (Å²) in [6, 6.07) is 6.05. The van der Waals surface area contributed by atoms with Gasteiger partial charge in [-0.1, -0.05) is 12.1 Å². The molecule has 3 aromatic rings. The van der Waals surface area contributed by atoms with Crippen molar-refractivity contribution >= 4 is 34.1 Å². The van der Waals surface area contributed by atoms with Crippen LogP contribution in [0.25, 0.3) is 16.5 Å². The van der Waals surface area contributed by atoms with E-state index in [1.165, 1.54) is 25.1 Å². The van der Waals surface area contributed by atoms with Gasteiger partial charge in [0.15, 0.2) is 16.8 Å². The number of aryl methyl sites for hydroxylation is 1. The molecule has 0 bridgehead atoms. The number of nitrogens with zero attached hydrogens (tertiary/aromatic N) is 1. The summed E-state index contributed by atoms with van der Waals surface area (Å²) < 4.78 is 18.0. The van der Waals surface area contributed by atoms with E-state index in [9.17, 15) is 24.3 Å². The molecule has 1 N–H and O–H groups in total. The highest BCUT2D eigenvalue weighted by Gasteiger charge is 2.50. The van der Waals surface area contributed by atoms with E-state index in [-0.39, 0.29) is 44.4 Å². The summed E-state index contributed by atoms with van der Waals surface area (Å²) in [6.07, 6.45) is 0.318. The fourth-order valence-corrected chi connectivity index (χ4v) is 6.22. The molecule has 0 saturated carbocycles. The first-order valence-corrected chi connectivity index (χ1v) is 13.9. The van der Waals surface area contributed by atoms with Crippen molar-refractivity contribution in [2.45, 2.75) is 71.8 Å². The molecule has 0 unspecified atom stereocenters. The Kier molecular flexibility index (Phi) is 7.23. The Morgan fingerprint density at radius 3 is 2.40 bits per heavy atom. The minimum Gasteiger partial charge on any atom is -0.507 e. The summed E-state index contributed by atoms with van der Waals surface area (Å²) in [4.78, 5) is 54.9. The van der Waals surface area contributed by atoms with E-state index < -0.39 is 41.4 Å². The van der Waals surface area contributed by atoms with E-state index in [4.69, 9.17) is 13.9 Å². The highest BCUT2D eigenvalue weighted by molar-refractivity contribution is 6.32. The van der Waals surface area contributed by atoms with Crippen LogP contribution in [0.5, 0.6) is 5.75 Å². The second kappa shape index (κ2) is 10.3. The Morgan fingerprint density at radius 1 is 1.10 bits per heavy atom. The predicted octanol–water partition coefficient (Wildman–Crippen LogP) is 5.11. The molecule has 220 valence electrons. The second-order valence-corrected chi connectivity index (χ2v) is 11.7. The summed E-state index contributed by atoms with van der Waals surface area (Å²) in [5.41, 5.74) is 0.560. The number of aromatic hydroxyl groups is 1. The number of allylic oxidation sites excluding steroid dienone is 2. The number of carbonyl (C=O) groups is 3. The van der Waals surface area contributed by atoms with Crippen molar-refractivity contribution in [2.24, 2.45) is 0 Å². The number of rotatable bonds is 4. The van der Waals surface area contributed by atoms with Crippen molar-refractivity contribution in [3.63, 3.8) is 0 Å². The molecule has 9 heteroatoms. The number of carbonyl (C=O) groups excluding carboxylic acids is 3. The van der Waals surface area contributed by atoms with Crippen LogP contribution in [0.2, 0.25) is 0 Å². The van der Waals surface area contributed by atoms with E-state index in [1.807, 2.05) is 25.9 Å². The zero-order chi connectivity index (χ0) is 30.8. The fraction of sp³-hybridized carbons (Fsp3) is 0.394. The molecule has 1 aromatic heterocycles. The quantitative estimate of drug-likeness (QED) is 0.332. The van der Waals surface area contributed by atoms with E-state index in [0.29, 0.717) is 28.9 Å². The molecular formula is C33H35NO8. The smallest absolute Gasteiger partial charge is 0.303 e. The zero-order valence-electron chi connectivity index (χ0n) is 25.1. The highest BCUT2D eigenvalue weighted by atomic mass is 16.6. The average Bonchev–Trinajstić information content (AvgIpc) is 2.92. The Balaban J connectivity index is 1.68. The van der Waals surface area contributed by atoms with Crippen LogP contribution in [0.1, 0.15) is 95.9 Å². The molecule has 4 atom stereocenters. The lowest BCUT2D eigenvalue weighted by atomic mass is 9.77. The maximum atomic E-state index is 14.2. The van der Waals surface area contributed by atoms with Gasteiger partial charge in [0.05, 0.1) is 34.3 Å². The molecule has 1 saturated heterocycles. The van der Waals surface area contributed by atoms with E-state index in [2.05, 4.69) is 0 Å². The van der Waals surface area contributed by atoms with Crippen molar-refractivity contribution in [3.05, 3.63) is 79.7 Å². The second-order valence-electron chi connectivity index (χ2n) is 11.7. The number of ketones is 2. The molecule has 1 fully saturated rings. The predicted molar refractivity (Wildman–Crippen MR) is 157 cm³/mol. The minimum absolute atomic E-state index is 0.0226. The normalized spacial score (nSPS) is 24.1. The molecule has 5 rings (SSSR count). The van der Waals surface area contributed by atoms with Gasteiger partial charge < -0.3 is 23.9 Å². The lowest BCUT2D eigenvalue weighted by Crippen LogP contribution is -2.61. The lowest BCUT2D eigenvalue weighted by Gasteiger charge is -2.50. The molecule has 0 amide bonds. The number of benzene rings is 2. The summed E-state index contributed by atoms with van der Waals surface area (Å²) in [5, 5.41) is 11.8. The van der Waals surface area contributed by atoms with Crippen molar-refractivity contribution in [1.29, 1.82) is 0 Å². The Labute approximate surface area is 243 Å². The summed E-state index contributed by atoms with van der Waals surface area (Å²) in [5.74, 6) is -1.56. The topological polar surface area (TPSA) is 123 Å². The van der Waals surface area contributed by atoms with Crippen molar-refractivity contribution in [2.75, 3.05) is 14.1 Å². The fourth-order valence-electron chi connectivity index (χ4n) is 6.22. The van der Waals surface area contributed by atoms with Gasteiger partial charge in [0.2, 0.25) is 5.78 Å². The van der Waals surface area contributed by atoms with Crippen LogP contribution in [0, 0.1) is 6.92 Å². The highest BCUT2D eigenvalue weighted by Crippen LogP contribution is 2.46. The third-order valence-electron chi connectivity index (χ3n) is 8.85. The molecular weight excluding hydrogens is 538 g/mol. The molecule has 9 nitrogen and oxygen atoms in total. The first-order valence-electron chi connectivity index (χ1n) is 13.9. The first-order chi connectivity index (χ1) is 19.7. The summed E-state index contributed by atoms with van der Waals surface area (Å²) >= 11 is 0. The van der Waals surface area contributed by atoms with Crippen LogP contribution in [0.4, 0.5) is 0 Å². The SMILES string of the molecule is C/C=C(\C)c1cc(=O)c2c(C)cc3c(c2o1)C(=O)c1c(ccc([C@H]2C[C@](C)(N(C)C)[C@H](OC(C)=O)[C@H](C)O2)c1O)C3=O. The van der Waals surface area contributed by atoms with E-state index >= 15 is 0 Å². The van der Waals surface area contributed by atoms with Crippen LogP contribution in [-0.2, 0) is 14.3 Å². The van der Waals surface area contributed by atoms with Crippen LogP contribution < -0.4 is 5.43 Å². The van der Waals surface area contributed by atoms with E-state index in [0.717, 1.165) is 0 Å². The molecule has 1 aliphatic carbocycles. The van der Waals surface area contributed by atoms with Gasteiger partial charge >= 0.3 is 5.97 Å². The summed E-state index contributed by atoms with van der Waals surface area (Å²) in [6.45, 7) is 10.4. The standard InChI is InChI=1S/C33H35NO8/c1-9-15(2)23-13-22(36)25-16(3)12-21-27(31(25)42-23)30(39)26-20(28(21)37)11-10-19(29(26)38)24-14-33(6,34(7)8)32(17(4)40-24)41-18(5)35/h9-13,17,24,32,38H,14H2,1-8H3/b15-9+/t17-,24+,32+,33-/m0/s1. The summed E-state index contributed by atoms with van der Waals surface area (Å²) in [7, 11) is 3.75. The van der Waals surface area contributed by atoms with Crippen molar-refractivity contribution in [1.82, 2.24) is 4.90 Å². The largest absolute Gasteiger partial charge is 0.507 e. The lowest BCUT2D eigenvalue weighted by molar-refractivity contribution is -0.201. The van der Waals surface area contributed by atoms with Crippen LogP contribution >= 0.6 is 0 Å². The van der Waals surface area contributed by atoms with Gasteiger partial charge in [-0.05, 0) is 78.4 Å². The number of hydrogen-bond donors (Lipinski definition) is 1. The third-order valence-corrected chi connectivity index (χ3v) is 8.85. The number of likely N-dealkylation sites (N-methyl/N-ethyl adjacent to an activating group) is 1. The third kappa shape index (κ3) is 4.39. The van der Waals surface area contributed by atoms with Crippen molar-refractivity contribution in [3.8, 4) is 5.75 Å². The van der Waals surface area contributed by atoms with Crippen LogP contribution in [0.3, 0.4) is 0 Å².